The Morgan fingerprint density at radius 2 is 2.00 bits per heavy atom. The number of carbonyl (C=O) groups is 1. The van der Waals surface area contributed by atoms with Gasteiger partial charge >= 0.3 is 0 Å². The van der Waals surface area contributed by atoms with Crippen LogP contribution in [-0.2, 0) is 4.79 Å². The van der Waals surface area contributed by atoms with Crippen molar-refractivity contribution in [3.63, 3.8) is 0 Å². The normalized spacial score (nSPS) is 11.8. The van der Waals surface area contributed by atoms with Gasteiger partial charge in [0.25, 0.3) is 0 Å². The summed E-state index contributed by atoms with van der Waals surface area (Å²) in [5.74, 6) is 0. The molecule has 0 atom stereocenters. The van der Waals surface area contributed by atoms with Crippen molar-refractivity contribution in [1.82, 2.24) is 4.98 Å². The molecule has 2 nitrogen and oxygen atoms in total. The van der Waals surface area contributed by atoms with E-state index in [1.54, 1.807) is 0 Å². The van der Waals surface area contributed by atoms with Crippen LogP contribution in [0.4, 0.5) is 0 Å². The summed E-state index contributed by atoms with van der Waals surface area (Å²) < 4.78 is 0. The molecule has 0 saturated carbocycles. The second kappa shape index (κ2) is 4.45. The lowest BCUT2D eigenvalue weighted by molar-refractivity contribution is -0.107. The predicted molar refractivity (Wildman–Crippen MR) is 66.3 cm³/mol. The molecule has 0 amide bonds. The second-order valence-electron chi connectivity index (χ2n) is 3.52. The number of carbonyl (C=O) groups excluding carboxylic acids is 1. The smallest absolute Gasteiger partial charge is 0.245 e. The molecule has 0 radical (unpaired) electrons. The molecule has 1 heterocycles. The van der Waals surface area contributed by atoms with Crippen LogP contribution < -0.4 is 0 Å². The van der Waals surface area contributed by atoms with Gasteiger partial charge in [-0.3, -0.25) is 4.79 Å². The fraction of sp³-hybridized carbons (Fsp3) is 0.0769. The molecule has 0 N–H and O–H groups in total. The minimum absolute atomic E-state index is 0.479. The van der Waals surface area contributed by atoms with Gasteiger partial charge in [-0.15, -0.1) is 0 Å². The summed E-state index contributed by atoms with van der Waals surface area (Å²) >= 11 is 5.30. The number of rotatable bonds is 2. The van der Waals surface area contributed by atoms with Gasteiger partial charge in [0.2, 0.25) is 5.24 Å². The zero-order valence-electron chi connectivity index (χ0n) is 8.77. The monoisotopic (exact) mass is 231 g/mol. The van der Waals surface area contributed by atoms with Crippen LogP contribution >= 0.6 is 11.6 Å². The Morgan fingerprint density at radius 3 is 2.75 bits per heavy atom. The average molecular weight is 232 g/mol. The van der Waals surface area contributed by atoms with Crippen molar-refractivity contribution < 1.29 is 4.79 Å². The van der Waals surface area contributed by atoms with Gasteiger partial charge in [0.15, 0.2) is 0 Å². The lowest BCUT2D eigenvalue weighted by atomic mass is 10.1. The Labute approximate surface area is 98.6 Å². The van der Waals surface area contributed by atoms with E-state index in [0.29, 0.717) is 0 Å². The van der Waals surface area contributed by atoms with Crippen molar-refractivity contribution in [3.8, 4) is 0 Å². The molecule has 0 aliphatic carbocycles. The van der Waals surface area contributed by atoms with Gasteiger partial charge in [-0.25, -0.2) is 4.98 Å². The molecule has 0 saturated heterocycles. The molecule has 1 aromatic carbocycles. The van der Waals surface area contributed by atoms with E-state index in [1.807, 2.05) is 43.3 Å². The third-order valence-electron chi connectivity index (χ3n) is 2.33. The lowest BCUT2D eigenvalue weighted by Crippen LogP contribution is -1.89. The van der Waals surface area contributed by atoms with E-state index in [4.69, 9.17) is 11.6 Å². The molecular formula is C13H10ClNO. The molecule has 2 rings (SSSR count). The Morgan fingerprint density at radius 1 is 1.25 bits per heavy atom. The number of hydrogen-bond donors (Lipinski definition) is 0. The Balaban J connectivity index is 2.51. The van der Waals surface area contributed by atoms with Gasteiger partial charge < -0.3 is 0 Å². The van der Waals surface area contributed by atoms with Gasteiger partial charge in [-0.2, -0.15) is 0 Å². The first-order valence-electron chi connectivity index (χ1n) is 4.91. The summed E-state index contributed by atoms with van der Waals surface area (Å²) in [6.07, 6.45) is 1.37. The van der Waals surface area contributed by atoms with Gasteiger partial charge in [0.05, 0.1) is 11.2 Å². The fourth-order valence-electron chi connectivity index (χ4n) is 1.53. The molecule has 1 aromatic heterocycles. The summed E-state index contributed by atoms with van der Waals surface area (Å²) in [4.78, 5) is 15.2. The Bertz CT molecular complexity index is 575. The number of hydrogen-bond acceptors (Lipinski definition) is 2. The van der Waals surface area contributed by atoms with Crippen molar-refractivity contribution in [3.05, 3.63) is 48.2 Å². The van der Waals surface area contributed by atoms with Crippen molar-refractivity contribution in [2.45, 2.75) is 6.92 Å². The quantitative estimate of drug-likeness (QED) is 0.586. The molecule has 0 fully saturated rings. The molecule has 0 unspecified atom stereocenters. The number of nitrogens with zero attached hydrogens (tertiary/aromatic N) is 1. The molecule has 3 heteroatoms. The second-order valence-corrected chi connectivity index (χ2v) is 3.89. The van der Waals surface area contributed by atoms with Crippen LogP contribution in [-0.4, -0.2) is 10.2 Å². The van der Waals surface area contributed by atoms with Crippen molar-refractivity contribution >= 4 is 33.3 Å². The number of halogens is 1. The minimum atomic E-state index is -0.479. The number of benzene rings is 1. The van der Waals surface area contributed by atoms with Gasteiger partial charge in [0.1, 0.15) is 0 Å². The Kier molecular flexibility index (Phi) is 3.02. The zero-order valence-corrected chi connectivity index (χ0v) is 9.53. The number of aromatic nitrogens is 1. The minimum Gasteiger partial charge on any atom is -0.276 e. The van der Waals surface area contributed by atoms with E-state index < -0.39 is 5.24 Å². The molecule has 0 aliphatic heterocycles. The van der Waals surface area contributed by atoms with E-state index >= 15 is 0 Å². The summed E-state index contributed by atoms with van der Waals surface area (Å²) in [5.41, 5.74) is 2.45. The Hall–Kier alpha value is -1.67. The van der Waals surface area contributed by atoms with Crippen LogP contribution in [0.25, 0.3) is 16.5 Å². The highest BCUT2D eigenvalue weighted by Crippen LogP contribution is 2.17. The third kappa shape index (κ3) is 2.28. The summed E-state index contributed by atoms with van der Waals surface area (Å²) in [6.45, 7) is 1.82. The molecule has 0 bridgehead atoms. The third-order valence-corrected chi connectivity index (χ3v) is 2.44. The summed E-state index contributed by atoms with van der Waals surface area (Å²) in [7, 11) is 0. The van der Waals surface area contributed by atoms with E-state index in [0.717, 1.165) is 22.2 Å². The van der Waals surface area contributed by atoms with Crippen LogP contribution in [0.15, 0.2) is 42.5 Å². The highest BCUT2D eigenvalue weighted by Gasteiger charge is 2.01. The first-order valence-corrected chi connectivity index (χ1v) is 5.28. The van der Waals surface area contributed by atoms with E-state index in [-0.39, 0.29) is 0 Å². The van der Waals surface area contributed by atoms with Crippen molar-refractivity contribution in [1.29, 1.82) is 0 Å². The summed E-state index contributed by atoms with van der Waals surface area (Å²) in [6, 6.07) is 11.7. The van der Waals surface area contributed by atoms with E-state index in [1.165, 1.54) is 6.08 Å². The van der Waals surface area contributed by atoms with Crippen LogP contribution in [0, 0.1) is 0 Å². The predicted octanol–water partition coefficient (Wildman–Crippen LogP) is 3.40. The molecule has 0 spiro atoms. The lowest BCUT2D eigenvalue weighted by Gasteiger charge is -2.02. The maximum absolute atomic E-state index is 10.8. The number of pyridine rings is 1. The highest BCUT2D eigenvalue weighted by molar-refractivity contribution is 6.66. The number of para-hydroxylation sites is 1. The molecular weight excluding hydrogens is 222 g/mol. The SMILES string of the molecule is CC(=CC(=O)Cl)c1ccc2ccccc2n1. The van der Waals surface area contributed by atoms with Crippen LogP contribution in [0.5, 0.6) is 0 Å². The van der Waals surface area contributed by atoms with E-state index in [2.05, 4.69) is 4.98 Å². The van der Waals surface area contributed by atoms with Crippen molar-refractivity contribution in [2.24, 2.45) is 0 Å². The molecule has 16 heavy (non-hydrogen) atoms. The van der Waals surface area contributed by atoms with Gasteiger partial charge in [-0.05, 0) is 36.2 Å². The molecule has 0 aliphatic rings. The fourth-order valence-corrected chi connectivity index (χ4v) is 1.69. The van der Waals surface area contributed by atoms with E-state index in [9.17, 15) is 4.79 Å². The van der Waals surface area contributed by atoms with Crippen LogP contribution in [0.1, 0.15) is 12.6 Å². The van der Waals surface area contributed by atoms with Crippen LogP contribution in [0.2, 0.25) is 0 Å². The largest absolute Gasteiger partial charge is 0.276 e. The van der Waals surface area contributed by atoms with Gasteiger partial charge in [0, 0.05) is 11.5 Å². The topological polar surface area (TPSA) is 30.0 Å². The number of allylic oxidation sites excluding steroid dienone is 2. The molecule has 80 valence electrons. The summed E-state index contributed by atoms with van der Waals surface area (Å²) in [5, 5.41) is 0.601. The highest BCUT2D eigenvalue weighted by atomic mass is 35.5. The maximum atomic E-state index is 10.8. The van der Waals surface area contributed by atoms with Crippen LogP contribution in [0.3, 0.4) is 0 Å². The maximum Gasteiger partial charge on any atom is 0.245 e. The first-order chi connectivity index (χ1) is 7.66. The molecule has 2 aromatic rings. The zero-order chi connectivity index (χ0) is 11.5. The number of fused-ring (bicyclic) bond motifs is 1. The van der Waals surface area contributed by atoms with Crippen molar-refractivity contribution in [2.75, 3.05) is 0 Å². The van der Waals surface area contributed by atoms with Gasteiger partial charge in [-0.1, -0.05) is 24.3 Å². The average Bonchev–Trinajstić information content (AvgIpc) is 2.27. The first kappa shape index (κ1) is 10.8. The standard InChI is InChI=1S/C13H10ClNO/c1-9(8-13(14)16)11-7-6-10-4-2-3-5-12(10)15-11/h2-8H,1H3.